The van der Waals surface area contributed by atoms with Gasteiger partial charge in [-0.05, 0) is 13.8 Å². The van der Waals surface area contributed by atoms with Crippen LogP contribution >= 0.6 is 0 Å². The highest BCUT2D eigenvalue weighted by Gasteiger charge is 2.29. The largest absolute Gasteiger partial charge is 0.456 e. The quantitative estimate of drug-likeness (QED) is 0.394. The van der Waals surface area contributed by atoms with E-state index in [-0.39, 0.29) is 5.97 Å². The van der Waals surface area contributed by atoms with Gasteiger partial charge in [-0.15, -0.1) is 0 Å². The van der Waals surface area contributed by atoms with Gasteiger partial charge in [-0.3, -0.25) is 0 Å². The molecule has 0 saturated carbocycles. The Morgan fingerprint density at radius 2 is 2.00 bits per heavy atom. The molecular weight excluding hydrogens is 190 g/mol. The van der Waals surface area contributed by atoms with Gasteiger partial charge in [-0.1, -0.05) is 6.58 Å². The molecule has 0 aliphatic carbocycles. The van der Waals surface area contributed by atoms with Gasteiger partial charge in [0.15, 0.2) is 0 Å². The molecule has 0 atom stereocenters. The van der Waals surface area contributed by atoms with Crippen molar-refractivity contribution in [1.29, 1.82) is 0 Å². The third-order valence-electron chi connectivity index (χ3n) is 3.33. The van der Waals surface area contributed by atoms with Gasteiger partial charge < -0.3 is 9.22 Å². The molecule has 0 aromatic carbocycles. The number of esters is 1. The van der Waals surface area contributed by atoms with E-state index in [0.29, 0.717) is 12.2 Å². The van der Waals surface area contributed by atoms with Gasteiger partial charge >= 0.3 is 5.97 Å². The van der Waals surface area contributed by atoms with Gasteiger partial charge in [0.1, 0.15) is 13.2 Å². The van der Waals surface area contributed by atoms with Crippen molar-refractivity contribution in [2.45, 2.75) is 26.7 Å². The number of likely N-dealkylation sites (tertiary alicyclic amines) is 1. The minimum atomic E-state index is -0.261. The summed E-state index contributed by atoms with van der Waals surface area (Å²) in [6.45, 7) is 12.6. The van der Waals surface area contributed by atoms with Crippen LogP contribution in [0.4, 0.5) is 0 Å². The van der Waals surface area contributed by atoms with Gasteiger partial charge in [-0.25, -0.2) is 4.79 Å². The average molecular weight is 212 g/mol. The smallest absolute Gasteiger partial charge is 0.333 e. The molecule has 0 unspecified atom stereocenters. The highest BCUT2D eigenvalue weighted by molar-refractivity contribution is 5.86. The molecule has 15 heavy (non-hydrogen) atoms. The van der Waals surface area contributed by atoms with Gasteiger partial charge in [0.2, 0.25) is 0 Å². The van der Waals surface area contributed by atoms with Crippen molar-refractivity contribution in [2.24, 2.45) is 0 Å². The number of hydrogen-bond donors (Lipinski definition) is 0. The fraction of sp³-hybridized carbons (Fsp3) is 0.750. The number of hydrogen-bond acceptors (Lipinski definition) is 2. The first-order valence-electron chi connectivity index (χ1n) is 5.77. The first-order valence-corrected chi connectivity index (χ1v) is 5.77. The van der Waals surface area contributed by atoms with E-state index in [4.69, 9.17) is 4.74 Å². The fourth-order valence-electron chi connectivity index (χ4n) is 2.16. The summed E-state index contributed by atoms with van der Waals surface area (Å²) in [6, 6.07) is 0. The molecule has 0 bridgehead atoms. The van der Waals surface area contributed by atoms with Crippen LogP contribution in [0.5, 0.6) is 0 Å². The molecule has 0 spiro atoms. The van der Waals surface area contributed by atoms with Gasteiger partial charge in [0.25, 0.3) is 0 Å². The first-order chi connectivity index (χ1) is 7.09. The maximum atomic E-state index is 11.2. The number of ether oxygens (including phenoxy) is 1. The number of nitrogens with zero attached hydrogens (tertiary/aromatic N) is 1. The normalized spacial score (nSPS) is 18.8. The molecule has 86 valence electrons. The Morgan fingerprint density at radius 3 is 2.47 bits per heavy atom. The summed E-state index contributed by atoms with van der Waals surface area (Å²) in [5.41, 5.74) is 0.486. The minimum absolute atomic E-state index is 0.261. The lowest BCUT2D eigenvalue weighted by Gasteiger charge is -2.32. The molecule has 1 aliphatic heterocycles. The van der Waals surface area contributed by atoms with Crippen LogP contribution in [0.3, 0.4) is 0 Å². The maximum absolute atomic E-state index is 11.2. The molecule has 0 aromatic rings. The second kappa shape index (κ2) is 5.31. The molecule has 3 nitrogen and oxygen atoms in total. The van der Waals surface area contributed by atoms with Crippen LogP contribution in [-0.2, 0) is 9.53 Å². The van der Waals surface area contributed by atoms with Gasteiger partial charge in [0.05, 0.1) is 19.6 Å². The van der Waals surface area contributed by atoms with Gasteiger partial charge in [0, 0.05) is 18.4 Å². The summed E-state index contributed by atoms with van der Waals surface area (Å²) in [4.78, 5) is 11.2. The van der Waals surface area contributed by atoms with Crippen LogP contribution in [0.2, 0.25) is 0 Å². The Morgan fingerprint density at radius 1 is 1.40 bits per heavy atom. The Balaban J connectivity index is 2.29. The summed E-state index contributed by atoms with van der Waals surface area (Å²) in [5.74, 6) is -0.261. The van der Waals surface area contributed by atoms with E-state index in [1.807, 2.05) is 0 Å². The Bertz CT molecular complexity index is 242. The van der Waals surface area contributed by atoms with Crippen molar-refractivity contribution >= 4 is 5.97 Å². The lowest BCUT2D eigenvalue weighted by Crippen LogP contribution is -2.47. The highest BCUT2D eigenvalue weighted by atomic mass is 16.5. The standard InChI is InChI=1S/C12H22NO2/c1-4-13(7-5-6-8-13)9-10-15-12(14)11(2)3/h2,4-10H2,1,3H3/q+1. The average Bonchev–Trinajstić information content (AvgIpc) is 2.67. The van der Waals surface area contributed by atoms with E-state index in [2.05, 4.69) is 13.5 Å². The van der Waals surface area contributed by atoms with Crippen molar-refractivity contribution in [1.82, 2.24) is 0 Å². The van der Waals surface area contributed by atoms with Crippen molar-refractivity contribution in [3.8, 4) is 0 Å². The predicted octanol–water partition coefficient (Wildman–Crippen LogP) is 1.74. The van der Waals surface area contributed by atoms with E-state index in [1.165, 1.54) is 25.9 Å². The van der Waals surface area contributed by atoms with Crippen LogP contribution < -0.4 is 0 Å². The van der Waals surface area contributed by atoms with E-state index >= 15 is 0 Å². The number of carbonyl (C=O) groups excluding carboxylic acids is 1. The molecule has 3 heteroatoms. The van der Waals surface area contributed by atoms with Crippen LogP contribution in [0, 0.1) is 0 Å². The molecule has 1 saturated heterocycles. The zero-order chi connectivity index (χ0) is 11.3. The lowest BCUT2D eigenvalue weighted by molar-refractivity contribution is -0.915. The molecule has 0 amide bonds. The molecule has 0 N–H and O–H groups in total. The molecule has 1 aliphatic rings. The van der Waals surface area contributed by atoms with Crippen molar-refractivity contribution in [3.63, 3.8) is 0 Å². The topological polar surface area (TPSA) is 26.3 Å². The Labute approximate surface area is 92.3 Å². The molecule has 1 fully saturated rings. The number of rotatable bonds is 5. The van der Waals surface area contributed by atoms with Crippen molar-refractivity contribution in [2.75, 3.05) is 32.8 Å². The first kappa shape index (κ1) is 12.2. The van der Waals surface area contributed by atoms with Crippen LogP contribution in [0.15, 0.2) is 12.2 Å². The second-order valence-corrected chi connectivity index (χ2v) is 4.45. The summed E-state index contributed by atoms with van der Waals surface area (Å²) in [7, 11) is 0. The molecule has 0 radical (unpaired) electrons. The minimum Gasteiger partial charge on any atom is -0.456 e. The SMILES string of the molecule is C=C(C)C(=O)OCC[N+]1(CC)CCCC1. The van der Waals surface area contributed by atoms with E-state index in [0.717, 1.165) is 17.6 Å². The maximum Gasteiger partial charge on any atom is 0.333 e. The van der Waals surface area contributed by atoms with Crippen LogP contribution in [0.1, 0.15) is 26.7 Å². The summed E-state index contributed by atoms with van der Waals surface area (Å²) >= 11 is 0. The Hall–Kier alpha value is -0.830. The molecule has 1 rings (SSSR count). The summed E-state index contributed by atoms with van der Waals surface area (Å²) in [5, 5.41) is 0. The summed E-state index contributed by atoms with van der Waals surface area (Å²) in [6.07, 6.45) is 2.62. The van der Waals surface area contributed by atoms with Crippen molar-refractivity contribution < 1.29 is 14.0 Å². The van der Waals surface area contributed by atoms with Gasteiger partial charge in [-0.2, -0.15) is 0 Å². The zero-order valence-corrected chi connectivity index (χ0v) is 9.92. The van der Waals surface area contributed by atoms with Crippen LogP contribution in [0.25, 0.3) is 0 Å². The number of likely N-dealkylation sites (N-methyl/N-ethyl adjacent to an activating group) is 1. The monoisotopic (exact) mass is 212 g/mol. The van der Waals surface area contributed by atoms with Crippen LogP contribution in [-0.4, -0.2) is 43.2 Å². The summed E-state index contributed by atoms with van der Waals surface area (Å²) < 4.78 is 6.25. The van der Waals surface area contributed by atoms with Crippen molar-refractivity contribution in [3.05, 3.63) is 12.2 Å². The van der Waals surface area contributed by atoms with E-state index < -0.39 is 0 Å². The fourth-order valence-corrected chi connectivity index (χ4v) is 2.16. The highest BCUT2D eigenvalue weighted by Crippen LogP contribution is 2.18. The molecular formula is C12H22NO2+. The number of carbonyl (C=O) groups is 1. The lowest BCUT2D eigenvalue weighted by atomic mass is 10.3. The molecule has 1 heterocycles. The molecule has 0 aromatic heterocycles. The zero-order valence-electron chi connectivity index (χ0n) is 9.92. The second-order valence-electron chi connectivity index (χ2n) is 4.45. The Kier molecular flexibility index (Phi) is 4.33. The van der Waals surface area contributed by atoms with E-state index in [9.17, 15) is 4.79 Å². The third-order valence-corrected chi connectivity index (χ3v) is 3.33. The number of quaternary nitrogens is 1. The van der Waals surface area contributed by atoms with E-state index in [1.54, 1.807) is 6.92 Å². The third kappa shape index (κ3) is 3.34. The predicted molar refractivity (Wildman–Crippen MR) is 60.4 cm³/mol.